The highest BCUT2D eigenvalue weighted by molar-refractivity contribution is 5.95. The number of rotatable bonds is 5. The number of nitrogens with one attached hydrogen (secondary N) is 1. The van der Waals surface area contributed by atoms with Gasteiger partial charge in [0.25, 0.3) is 5.91 Å². The monoisotopic (exact) mass is 270 g/mol. The summed E-state index contributed by atoms with van der Waals surface area (Å²) in [5.41, 5.74) is 1.52. The lowest BCUT2D eigenvalue weighted by atomic mass is 10.1. The standard InChI is InChI=1S/C16H16NO3/c1-19-14-8-13(9-15(10-14)20-2)16(18)17-11-12-6-4-3-5-7-12/h4-10H,11H2,1-2H3,(H,17,18). The van der Waals surface area contributed by atoms with Crippen LogP contribution in [0, 0.1) is 6.07 Å². The summed E-state index contributed by atoms with van der Waals surface area (Å²) in [4.78, 5) is 12.1. The number of carbonyl (C=O) groups excluding carboxylic acids is 1. The summed E-state index contributed by atoms with van der Waals surface area (Å²) in [7, 11) is 3.11. The molecule has 103 valence electrons. The summed E-state index contributed by atoms with van der Waals surface area (Å²) in [5.74, 6) is 1.00. The van der Waals surface area contributed by atoms with E-state index in [-0.39, 0.29) is 5.91 Å². The van der Waals surface area contributed by atoms with E-state index in [2.05, 4.69) is 11.4 Å². The zero-order chi connectivity index (χ0) is 14.4. The van der Waals surface area contributed by atoms with E-state index in [0.29, 0.717) is 23.6 Å². The van der Waals surface area contributed by atoms with Crippen LogP contribution >= 0.6 is 0 Å². The van der Waals surface area contributed by atoms with E-state index in [1.54, 1.807) is 32.4 Å². The van der Waals surface area contributed by atoms with Crippen LogP contribution in [0.5, 0.6) is 11.5 Å². The summed E-state index contributed by atoms with van der Waals surface area (Å²) in [6.07, 6.45) is 0. The maximum absolute atomic E-state index is 12.1. The number of benzene rings is 2. The largest absolute Gasteiger partial charge is 0.497 e. The number of hydrogen-bond donors (Lipinski definition) is 1. The summed E-state index contributed by atoms with van der Waals surface area (Å²) in [6, 6.07) is 15.5. The Balaban J connectivity index is 2.08. The lowest BCUT2D eigenvalue weighted by molar-refractivity contribution is 0.0950. The van der Waals surface area contributed by atoms with Crippen molar-refractivity contribution in [3.05, 3.63) is 59.7 Å². The van der Waals surface area contributed by atoms with Gasteiger partial charge in [-0.3, -0.25) is 4.79 Å². The summed E-state index contributed by atoms with van der Waals surface area (Å²) >= 11 is 0. The molecule has 0 aromatic heterocycles. The molecule has 20 heavy (non-hydrogen) atoms. The predicted molar refractivity (Wildman–Crippen MR) is 76.0 cm³/mol. The number of carbonyl (C=O) groups is 1. The van der Waals surface area contributed by atoms with Crippen LogP contribution in [0.25, 0.3) is 0 Å². The first-order valence-electron chi connectivity index (χ1n) is 6.19. The molecule has 0 unspecified atom stereocenters. The van der Waals surface area contributed by atoms with Crippen LogP contribution in [-0.2, 0) is 6.54 Å². The van der Waals surface area contributed by atoms with Gasteiger partial charge in [-0.25, -0.2) is 0 Å². The highest BCUT2D eigenvalue weighted by Crippen LogP contribution is 2.22. The predicted octanol–water partition coefficient (Wildman–Crippen LogP) is 2.43. The molecule has 4 heteroatoms. The SMILES string of the molecule is COc1cc(OC)cc(C(=O)NCc2cc[c]cc2)c1. The Hall–Kier alpha value is -2.49. The Morgan fingerprint density at radius 1 is 1.10 bits per heavy atom. The molecule has 1 radical (unpaired) electrons. The van der Waals surface area contributed by atoms with Crippen molar-refractivity contribution in [2.24, 2.45) is 0 Å². The Labute approximate surface area is 118 Å². The van der Waals surface area contributed by atoms with E-state index in [1.165, 1.54) is 0 Å². The fraction of sp³-hybridized carbons (Fsp3) is 0.188. The molecule has 0 bridgehead atoms. The third-order valence-corrected chi connectivity index (χ3v) is 2.85. The van der Waals surface area contributed by atoms with Gasteiger partial charge >= 0.3 is 0 Å². The minimum Gasteiger partial charge on any atom is -0.497 e. The molecular weight excluding hydrogens is 254 g/mol. The molecule has 4 nitrogen and oxygen atoms in total. The lowest BCUT2D eigenvalue weighted by Crippen LogP contribution is -2.22. The zero-order valence-electron chi connectivity index (χ0n) is 11.5. The van der Waals surface area contributed by atoms with Crippen LogP contribution in [0.1, 0.15) is 15.9 Å². The van der Waals surface area contributed by atoms with E-state index in [0.717, 1.165) is 5.56 Å². The Morgan fingerprint density at radius 3 is 2.25 bits per heavy atom. The molecule has 0 aliphatic heterocycles. The second-order valence-electron chi connectivity index (χ2n) is 4.19. The van der Waals surface area contributed by atoms with Crippen molar-refractivity contribution in [1.29, 1.82) is 0 Å². The average molecular weight is 270 g/mol. The lowest BCUT2D eigenvalue weighted by Gasteiger charge is -2.09. The van der Waals surface area contributed by atoms with Gasteiger partial charge in [-0.05, 0) is 23.8 Å². The topological polar surface area (TPSA) is 47.6 Å². The minimum absolute atomic E-state index is 0.171. The summed E-state index contributed by atoms with van der Waals surface area (Å²) < 4.78 is 10.3. The van der Waals surface area contributed by atoms with E-state index >= 15 is 0 Å². The van der Waals surface area contributed by atoms with E-state index in [4.69, 9.17) is 9.47 Å². The molecule has 0 saturated heterocycles. The number of amides is 1. The summed E-state index contributed by atoms with van der Waals surface area (Å²) in [5, 5.41) is 2.85. The van der Waals surface area contributed by atoms with Crippen molar-refractivity contribution < 1.29 is 14.3 Å². The van der Waals surface area contributed by atoms with Crippen molar-refractivity contribution in [3.8, 4) is 11.5 Å². The first kappa shape index (κ1) is 13.9. The van der Waals surface area contributed by atoms with Gasteiger partial charge in [0.15, 0.2) is 0 Å². The van der Waals surface area contributed by atoms with Gasteiger partial charge in [0.05, 0.1) is 14.2 Å². The zero-order valence-corrected chi connectivity index (χ0v) is 11.5. The van der Waals surface area contributed by atoms with Crippen LogP contribution in [0.2, 0.25) is 0 Å². The van der Waals surface area contributed by atoms with E-state index in [1.807, 2.05) is 24.3 Å². The van der Waals surface area contributed by atoms with Crippen molar-refractivity contribution in [2.75, 3.05) is 14.2 Å². The molecule has 0 fully saturated rings. The van der Waals surface area contributed by atoms with Gasteiger partial charge in [-0.15, -0.1) is 0 Å². The molecule has 0 aliphatic rings. The quantitative estimate of drug-likeness (QED) is 0.907. The maximum atomic E-state index is 12.1. The van der Waals surface area contributed by atoms with Gasteiger partial charge in [0.2, 0.25) is 0 Å². The Morgan fingerprint density at radius 2 is 1.70 bits per heavy atom. The molecule has 1 amide bonds. The minimum atomic E-state index is -0.171. The molecular formula is C16H16NO3. The third kappa shape index (κ3) is 3.51. The second kappa shape index (κ2) is 6.61. The summed E-state index contributed by atoms with van der Waals surface area (Å²) in [6.45, 7) is 0.465. The molecule has 0 atom stereocenters. The number of ether oxygens (including phenoxy) is 2. The number of methoxy groups -OCH3 is 2. The Kier molecular flexibility index (Phi) is 4.60. The van der Waals surface area contributed by atoms with Gasteiger partial charge < -0.3 is 14.8 Å². The molecule has 0 spiro atoms. The van der Waals surface area contributed by atoms with Gasteiger partial charge in [0, 0.05) is 18.2 Å². The maximum Gasteiger partial charge on any atom is 0.251 e. The van der Waals surface area contributed by atoms with Crippen LogP contribution in [0.4, 0.5) is 0 Å². The highest BCUT2D eigenvalue weighted by Gasteiger charge is 2.09. The normalized spacial score (nSPS) is 9.90. The van der Waals surface area contributed by atoms with Crippen molar-refractivity contribution in [1.82, 2.24) is 5.32 Å². The number of hydrogen-bond acceptors (Lipinski definition) is 3. The van der Waals surface area contributed by atoms with E-state index in [9.17, 15) is 4.79 Å². The van der Waals surface area contributed by atoms with Gasteiger partial charge in [-0.2, -0.15) is 0 Å². The van der Waals surface area contributed by atoms with Gasteiger partial charge in [0.1, 0.15) is 11.5 Å². The third-order valence-electron chi connectivity index (χ3n) is 2.85. The highest BCUT2D eigenvalue weighted by atomic mass is 16.5. The van der Waals surface area contributed by atoms with Crippen molar-refractivity contribution in [3.63, 3.8) is 0 Å². The second-order valence-corrected chi connectivity index (χ2v) is 4.19. The molecule has 2 rings (SSSR count). The van der Waals surface area contributed by atoms with Crippen LogP contribution in [-0.4, -0.2) is 20.1 Å². The van der Waals surface area contributed by atoms with Crippen molar-refractivity contribution >= 4 is 5.91 Å². The van der Waals surface area contributed by atoms with Crippen LogP contribution in [0.3, 0.4) is 0 Å². The molecule has 0 saturated carbocycles. The fourth-order valence-electron chi connectivity index (χ4n) is 1.76. The van der Waals surface area contributed by atoms with Gasteiger partial charge in [-0.1, -0.05) is 24.3 Å². The smallest absolute Gasteiger partial charge is 0.251 e. The average Bonchev–Trinajstić information content (AvgIpc) is 2.52. The molecule has 1 N–H and O–H groups in total. The van der Waals surface area contributed by atoms with Crippen molar-refractivity contribution in [2.45, 2.75) is 6.54 Å². The Bertz CT molecular complexity index is 559. The fourth-order valence-corrected chi connectivity index (χ4v) is 1.76. The molecule has 0 heterocycles. The molecule has 0 aliphatic carbocycles. The van der Waals surface area contributed by atoms with Crippen LogP contribution < -0.4 is 14.8 Å². The molecule has 2 aromatic carbocycles. The molecule has 2 aromatic rings. The first-order chi connectivity index (χ1) is 9.72. The van der Waals surface area contributed by atoms with E-state index < -0.39 is 0 Å². The van der Waals surface area contributed by atoms with Crippen LogP contribution in [0.15, 0.2) is 42.5 Å². The first-order valence-corrected chi connectivity index (χ1v) is 6.19.